The van der Waals surface area contributed by atoms with Crippen LogP contribution in [-0.2, 0) is 16.4 Å². The summed E-state index contributed by atoms with van der Waals surface area (Å²) in [7, 11) is -3.75. The monoisotopic (exact) mass is 447 g/mol. The molecule has 158 valence electrons. The molecule has 0 saturated carbocycles. The topological polar surface area (TPSA) is 92.5 Å². The molecule has 4 rings (SSSR count). The summed E-state index contributed by atoms with van der Waals surface area (Å²) in [5.41, 5.74) is 2.05. The number of anilines is 1. The molecule has 7 nitrogen and oxygen atoms in total. The van der Waals surface area contributed by atoms with Crippen molar-refractivity contribution in [3.8, 4) is 0 Å². The van der Waals surface area contributed by atoms with Crippen LogP contribution >= 0.6 is 11.6 Å². The van der Waals surface area contributed by atoms with Crippen LogP contribution in [0.2, 0.25) is 5.02 Å². The maximum absolute atomic E-state index is 13.0. The first-order valence-electron chi connectivity index (χ1n) is 9.89. The molecule has 9 heteroatoms. The first-order chi connectivity index (χ1) is 14.4. The summed E-state index contributed by atoms with van der Waals surface area (Å²) in [5, 5.41) is 2.89. The lowest BCUT2D eigenvalue weighted by Gasteiger charge is -2.26. The van der Waals surface area contributed by atoms with Crippen molar-refractivity contribution in [2.75, 3.05) is 18.4 Å². The van der Waals surface area contributed by atoms with Crippen LogP contribution in [0, 0.1) is 0 Å². The molecule has 2 aromatic carbocycles. The van der Waals surface area contributed by atoms with Crippen LogP contribution in [0.1, 0.15) is 42.4 Å². The molecule has 30 heavy (non-hydrogen) atoms. The van der Waals surface area contributed by atoms with Crippen molar-refractivity contribution in [2.24, 2.45) is 0 Å². The molecular weight excluding hydrogens is 426 g/mol. The zero-order chi connectivity index (χ0) is 21.3. The Hall–Kier alpha value is -2.42. The zero-order valence-corrected chi connectivity index (χ0v) is 18.1. The SMILES string of the molecule is CCc1nc2cc(NC(=O)c3ccc(Cl)c(S(=O)(=O)N4CCCCC4)c3)ccc2o1. The maximum Gasteiger partial charge on any atom is 0.255 e. The first-order valence-corrected chi connectivity index (χ1v) is 11.7. The fourth-order valence-corrected chi connectivity index (χ4v) is 5.51. The van der Waals surface area contributed by atoms with E-state index in [1.165, 1.54) is 22.5 Å². The highest BCUT2D eigenvalue weighted by atomic mass is 35.5. The molecular formula is C21H22ClN3O4S. The van der Waals surface area contributed by atoms with Crippen molar-refractivity contribution in [3.05, 3.63) is 52.9 Å². The quantitative estimate of drug-likeness (QED) is 0.622. The number of amides is 1. The number of aryl methyl sites for hydroxylation is 1. The smallest absolute Gasteiger partial charge is 0.255 e. The van der Waals surface area contributed by atoms with Gasteiger partial charge in [0.15, 0.2) is 11.5 Å². The lowest BCUT2D eigenvalue weighted by molar-refractivity contribution is 0.102. The van der Waals surface area contributed by atoms with Crippen LogP contribution in [-0.4, -0.2) is 36.7 Å². The lowest BCUT2D eigenvalue weighted by Crippen LogP contribution is -2.35. The van der Waals surface area contributed by atoms with Gasteiger partial charge in [-0.05, 0) is 49.2 Å². The van der Waals surface area contributed by atoms with Gasteiger partial charge in [-0.25, -0.2) is 13.4 Å². The highest BCUT2D eigenvalue weighted by Crippen LogP contribution is 2.28. The Morgan fingerprint density at radius 2 is 1.93 bits per heavy atom. The Balaban J connectivity index is 1.59. The lowest BCUT2D eigenvalue weighted by atomic mass is 10.2. The highest BCUT2D eigenvalue weighted by Gasteiger charge is 2.28. The van der Waals surface area contributed by atoms with Crippen LogP contribution in [0.25, 0.3) is 11.1 Å². The zero-order valence-electron chi connectivity index (χ0n) is 16.5. The molecule has 1 aliphatic rings. The number of nitrogens with zero attached hydrogens (tertiary/aromatic N) is 2. The van der Waals surface area contributed by atoms with Crippen molar-refractivity contribution in [1.82, 2.24) is 9.29 Å². The normalized spacial score (nSPS) is 15.4. The Morgan fingerprint density at radius 1 is 1.17 bits per heavy atom. The summed E-state index contributed by atoms with van der Waals surface area (Å²) in [4.78, 5) is 17.1. The number of benzene rings is 2. The number of piperidine rings is 1. The first kappa shape index (κ1) is 20.8. The molecule has 1 aliphatic heterocycles. The van der Waals surface area contributed by atoms with Crippen LogP contribution in [0.4, 0.5) is 5.69 Å². The van der Waals surface area contributed by atoms with Gasteiger partial charge in [0, 0.05) is 30.8 Å². The molecule has 0 atom stereocenters. The second kappa shape index (κ2) is 8.37. The van der Waals surface area contributed by atoms with Crippen molar-refractivity contribution < 1.29 is 17.6 Å². The molecule has 0 bridgehead atoms. The molecule has 1 fully saturated rings. The van der Waals surface area contributed by atoms with Crippen molar-refractivity contribution in [1.29, 1.82) is 0 Å². The molecule has 1 amide bonds. The number of aromatic nitrogens is 1. The Kier molecular flexibility index (Phi) is 5.81. The molecule has 0 spiro atoms. The van der Waals surface area contributed by atoms with Gasteiger partial charge in [-0.3, -0.25) is 4.79 Å². The fourth-order valence-electron chi connectivity index (χ4n) is 3.49. The maximum atomic E-state index is 13.0. The summed E-state index contributed by atoms with van der Waals surface area (Å²) < 4.78 is 33.0. The van der Waals surface area contributed by atoms with Crippen molar-refractivity contribution >= 4 is 44.3 Å². The third-order valence-corrected chi connectivity index (χ3v) is 7.50. The van der Waals surface area contributed by atoms with Crippen LogP contribution < -0.4 is 5.32 Å². The van der Waals surface area contributed by atoms with Gasteiger partial charge in [0.2, 0.25) is 10.0 Å². The number of hydrogen-bond donors (Lipinski definition) is 1. The van der Waals surface area contributed by atoms with Gasteiger partial charge in [-0.2, -0.15) is 4.31 Å². The second-order valence-electron chi connectivity index (χ2n) is 7.21. The summed E-state index contributed by atoms with van der Waals surface area (Å²) in [6.45, 7) is 2.88. The van der Waals surface area contributed by atoms with E-state index in [9.17, 15) is 13.2 Å². The summed E-state index contributed by atoms with van der Waals surface area (Å²) in [5.74, 6) is 0.194. The van der Waals surface area contributed by atoms with Crippen LogP contribution in [0.5, 0.6) is 0 Å². The van der Waals surface area contributed by atoms with Crippen molar-refractivity contribution in [2.45, 2.75) is 37.5 Å². The van der Waals surface area contributed by atoms with Crippen LogP contribution in [0.3, 0.4) is 0 Å². The van der Waals surface area contributed by atoms with E-state index in [1.54, 1.807) is 18.2 Å². The molecule has 3 aromatic rings. The van der Waals surface area contributed by atoms with E-state index in [0.717, 1.165) is 19.3 Å². The number of oxazole rings is 1. The van der Waals surface area contributed by atoms with Crippen LogP contribution in [0.15, 0.2) is 45.7 Å². The minimum atomic E-state index is -3.75. The van der Waals surface area contributed by atoms with Gasteiger partial charge in [0.05, 0.1) is 5.02 Å². The molecule has 1 N–H and O–H groups in total. The van der Waals surface area contributed by atoms with E-state index < -0.39 is 15.9 Å². The van der Waals surface area contributed by atoms with E-state index in [1.807, 2.05) is 6.92 Å². The van der Waals surface area contributed by atoms with Gasteiger partial charge in [-0.1, -0.05) is 24.9 Å². The minimum absolute atomic E-state index is 0.0433. The fraction of sp³-hybridized carbons (Fsp3) is 0.333. The van der Waals surface area contributed by atoms with Gasteiger partial charge in [0.1, 0.15) is 10.4 Å². The molecule has 2 heterocycles. The van der Waals surface area contributed by atoms with Gasteiger partial charge in [-0.15, -0.1) is 0 Å². The van der Waals surface area contributed by atoms with E-state index in [2.05, 4.69) is 10.3 Å². The Morgan fingerprint density at radius 3 is 2.67 bits per heavy atom. The number of hydrogen-bond acceptors (Lipinski definition) is 5. The van der Waals surface area contributed by atoms with Gasteiger partial charge in [0.25, 0.3) is 5.91 Å². The standard InChI is InChI=1S/C21H22ClN3O4S/c1-2-20-24-17-13-15(7-9-18(17)29-20)23-21(26)14-6-8-16(22)19(12-14)30(27,28)25-10-4-3-5-11-25/h6-9,12-13H,2-5,10-11H2,1H3,(H,23,26). The number of carbonyl (C=O) groups is 1. The van der Waals surface area contributed by atoms with Gasteiger partial charge >= 0.3 is 0 Å². The predicted molar refractivity (Wildman–Crippen MR) is 115 cm³/mol. The molecule has 1 aromatic heterocycles. The molecule has 0 aliphatic carbocycles. The van der Waals surface area contributed by atoms with Crippen molar-refractivity contribution in [3.63, 3.8) is 0 Å². The number of carbonyl (C=O) groups excluding carboxylic acids is 1. The predicted octanol–water partition coefficient (Wildman–Crippen LogP) is 4.47. The highest BCUT2D eigenvalue weighted by molar-refractivity contribution is 7.89. The van der Waals surface area contributed by atoms with E-state index in [0.29, 0.717) is 42.2 Å². The van der Waals surface area contributed by atoms with E-state index >= 15 is 0 Å². The summed E-state index contributed by atoms with van der Waals surface area (Å²) in [6.07, 6.45) is 3.33. The largest absolute Gasteiger partial charge is 0.441 e. The van der Waals surface area contributed by atoms with E-state index in [-0.39, 0.29) is 15.5 Å². The molecule has 0 radical (unpaired) electrons. The number of rotatable bonds is 5. The number of fused-ring (bicyclic) bond motifs is 1. The third-order valence-electron chi connectivity index (χ3n) is 5.12. The third kappa shape index (κ3) is 4.08. The second-order valence-corrected chi connectivity index (χ2v) is 9.52. The Bertz CT molecular complexity index is 1200. The number of sulfonamides is 1. The molecule has 0 unspecified atom stereocenters. The summed E-state index contributed by atoms with van der Waals surface area (Å²) >= 11 is 6.19. The average molecular weight is 448 g/mol. The number of nitrogens with one attached hydrogen (secondary N) is 1. The molecule has 1 saturated heterocycles. The summed E-state index contributed by atoms with van der Waals surface area (Å²) in [6, 6.07) is 9.47. The van der Waals surface area contributed by atoms with E-state index in [4.69, 9.17) is 16.0 Å². The Labute approximate surface area is 180 Å². The van der Waals surface area contributed by atoms with Gasteiger partial charge < -0.3 is 9.73 Å². The minimum Gasteiger partial charge on any atom is -0.441 e. The number of halogens is 1. The average Bonchev–Trinajstić information content (AvgIpc) is 3.17.